The van der Waals surface area contributed by atoms with E-state index in [1.54, 1.807) is 0 Å². The molecule has 21 heavy (non-hydrogen) atoms. The molecule has 4 atom stereocenters. The van der Waals surface area contributed by atoms with Gasteiger partial charge in [-0.05, 0) is 26.3 Å². The van der Waals surface area contributed by atoms with Crippen molar-refractivity contribution in [1.82, 2.24) is 4.31 Å². The van der Waals surface area contributed by atoms with E-state index < -0.39 is 19.1 Å². The quantitative estimate of drug-likeness (QED) is 0.462. The second-order valence-electron chi connectivity index (χ2n) is 7.54. The molecule has 1 aliphatic rings. The third-order valence-corrected chi connectivity index (χ3v) is 5.99. The van der Waals surface area contributed by atoms with Gasteiger partial charge in [-0.15, -0.1) is 5.54 Å². The van der Waals surface area contributed by atoms with Crippen molar-refractivity contribution in [2.75, 3.05) is 0 Å². The summed E-state index contributed by atoms with van der Waals surface area (Å²) < 4.78 is 14.5. The van der Waals surface area contributed by atoms with Gasteiger partial charge in [0.25, 0.3) is 0 Å². The molecule has 0 bridgehead atoms. The lowest BCUT2D eigenvalue weighted by Crippen LogP contribution is -2.28. The van der Waals surface area contributed by atoms with Crippen LogP contribution in [0.5, 0.6) is 0 Å². The molecule has 0 N–H and O–H groups in total. The molecule has 0 saturated carbocycles. The molecular formula is C17H25NOSSi. The predicted molar refractivity (Wildman–Crippen MR) is 93.8 cm³/mol. The monoisotopic (exact) mass is 319 g/mol. The van der Waals surface area contributed by atoms with E-state index in [-0.39, 0.29) is 16.8 Å². The first-order valence-corrected chi connectivity index (χ1v) is 12.0. The summed E-state index contributed by atoms with van der Waals surface area (Å²) in [5.41, 5.74) is 4.65. The van der Waals surface area contributed by atoms with Crippen LogP contribution in [0.1, 0.15) is 32.4 Å². The minimum atomic E-state index is -1.41. The van der Waals surface area contributed by atoms with Crippen LogP contribution in [0.3, 0.4) is 0 Å². The highest BCUT2D eigenvalue weighted by Crippen LogP contribution is 2.46. The molecule has 1 unspecified atom stereocenters. The number of rotatable bonds is 2. The van der Waals surface area contributed by atoms with Crippen LogP contribution in [-0.4, -0.2) is 27.4 Å². The zero-order valence-electron chi connectivity index (χ0n) is 13.8. The van der Waals surface area contributed by atoms with Crippen molar-refractivity contribution in [3.8, 4) is 11.5 Å². The van der Waals surface area contributed by atoms with Gasteiger partial charge in [-0.1, -0.05) is 55.9 Å². The molecule has 0 radical (unpaired) electrons. The molecule has 1 fully saturated rings. The summed E-state index contributed by atoms with van der Waals surface area (Å²) in [4.78, 5) is 0. The van der Waals surface area contributed by atoms with Crippen molar-refractivity contribution < 1.29 is 4.21 Å². The maximum atomic E-state index is 12.7. The van der Waals surface area contributed by atoms with Crippen LogP contribution in [-0.2, 0) is 11.0 Å². The Morgan fingerprint density at radius 1 is 1.14 bits per heavy atom. The molecule has 1 aromatic rings. The van der Waals surface area contributed by atoms with Gasteiger partial charge in [-0.2, -0.15) is 4.31 Å². The molecular weight excluding hydrogens is 294 g/mol. The zero-order chi connectivity index (χ0) is 15.8. The van der Waals surface area contributed by atoms with Crippen LogP contribution in [0.4, 0.5) is 0 Å². The maximum Gasteiger partial charge on any atom is 0.129 e. The lowest BCUT2D eigenvalue weighted by molar-refractivity contribution is 0.604. The van der Waals surface area contributed by atoms with E-state index in [0.717, 1.165) is 0 Å². The van der Waals surface area contributed by atoms with Crippen LogP contribution in [0.15, 0.2) is 30.3 Å². The fourth-order valence-corrected chi connectivity index (χ4v) is 4.12. The highest BCUT2D eigenvalue weighted by atomic mass is 32.2. The highest BCUT2D eigenvalue weighted by Gasteiger charge is 2.53. The summed E-state index contributed by atoms with van der Waals surface area (Å²) in [7, 11) is -2.43. The van der Waals surface area contributed by atoms with E-state index in [1.165, 1.54) is 5.56 Å². The Hall–Kier alpha value is -0.893. The number of hydrogen-bond donors (Lipinski definition) is 0. The molecule has 0 amide bonds. The Morgan fingerprint density at radius 2 is 1.71 bits per heavy atom. The summed E-state index contributed by atoms with van der Waals surface area (Å²) in [5.74, 6) is 3.39. The summed E-state index contributed by atoms with van der Waals surface area (Å²) >= 11 is 0. The van der Waals surface area contributed by atoms with E-state index in [9.17, 15) is 4.21 Å². The van der Waals surface area contributed by atoms with Crippen LogP contribution < -0.4 is 0 Å². The van der Waals surface area contributed by atoms with Gasteiger partial charge in [0.1, 0.15) is 25.1 Å². The van der Waals surface area contributed by atoms with Crippen molar-refractivity contribution >= 4 is 19.1 Å². The first-order valence-electron chi connectivity index (χ1n) is 7.39. The minimum absolute atomic E-state index is 0.0965. The van der Waals surface area contributed by atoms with Crippen molar-refractivity contribution in [1.29, 1.82) is 0 Å². The first-order chi connectivity index (χ1) is 9.61. The average Bonchev–Trinajstić information content (AvgIpc) is 3.08. The average molecular weight is 320 g/mol. The molecule has 1 aromatic carbocycles. The number of hydrogen-bond acceptors (Lipinski definition) is 1. The molecule has 2 rings (SSSR count). The van der Waals surface area contributed by atoms with E-state index in [2.05, 4.69) is 47.5 Å². The summed E-state index contributed by atoms with van der Waals surface area (Å²) in [5, 5.41) is 0. The molecule has 114 valence electrons. The molecule has 0 spiro atoms. The highest BCUT2D eigenvalue weighted by molar-refractivity contribution is 7.84. The Kier molecular flexibility index (Phi) is 4.48. The smallest absolute Gasteiger partial charge is 0.129 e. The van der Waals surface area contributed by atoms with Crippen LogP contribution in [0, 0.1) is 11.5 Å². The topological polar surface area (TPSA) is 20.1 Å². The summed E-state index contributed by atoms with van der Waals surface area (Å²) in [6.45, 7) is 12.8. The largest absolute Gasteiger partial charge is 0.242 e. The Balaban J connectivity index is 2.29. The van der Waals surface area contributed by atoms with Gasteiger partial charge >= 0.3 is 0 Å². The SMILES string of the molecule is CC(C)(C)[S@@](=O)N1[C@H](C#C[Si](C)(C)C)[C@@H]1c1ccccc1. The van der Waals surface area contributed by atoms with Gasteiger partial charge in [-0.25, -0.2) is 4.21 Å². The lowest BCUT2D eigenvalue weighted by atomic mass is 10.1. The number of nitrogens with zero attached hydrogens (tertiary/aromatic N) is 1. The Labute approximate surface area is 132 Å². The van der Waals surface area contributed by atoms with Crippen molar-refractivity contribution in [3.05, 3.63) is 35.9 Å². The van der Waals surface area contributed by atoms with Crippen molar-refractivity contribution in [2.24, 2.45) is 0 Å². The molecule has 1 heterocycles. The molecule has 0 aliphatic carbocycles. The second kappa shape index (κ2) is 5.72. The minimum Gasteiger partial charge on any atom is -0.242 e. The van der Waals surface area contributed by atoms with Gasteiger partial charge in [-0.3, -0.25) is 0 Å². The fraction of sp³-hybridized carbons (Fsp3) is 0.529. The standard InChI is InChI=1S/C17H25NOSSi/c1-17(2,3)20(19)18-15(12-13-21(4,5)6)16(18)14-10-8-7-9-11-14/h7-11,15-16H,1-6H3/t15-,16+,18?,20-/m1/s1. The lowest BCUT2D eigenvalue weighted by Gasteiger charge is -2.18. The third kappa shape index (κ3) is 4.06. The molecule has 2 nitrogen and oxygen atoms in total. The van der Waals surface area contributed by atoms with Gasteiger partial charge in [0.05, 0.1) is 10.8 Å². The molecule has 4 heteroatoms. The predicted octanol–water partition coefficient (Wildman–Crippen LogP) is 3.75. The van der Waals surface area contributed by atoms with Crippen molar-refractivity contribution in [3.63, 3.8) is 0 Å². The fourth-order valence-electron chi connectivity index (χ4n) is 2.15. The normalized spacial score (nSPS) is 26.7. The van der Waals surface area contributed by atoms with Crippen molar-refractivity contribution in [2.45, 2.75) is 57.2 Å². The zero-order valence-corrected chi connectivity index (χ0v) is 15.6. The van der Waals surface area contributed by atoms with E-state index in [1.807, 2.05) is 39.0 Å². The molecule has 0 aromatic heterocycles. The second-order valence-corrected chi connectivity index (χ2v) is 14.4. The van der Waals surface area contributed by atoms with Crippen LogP contribution in [0.2, 0.25) is 19.6 Å². The van der Waals surface area contributed by atoms with Gasteiger partial charge in [0.15, 0.2) is 0 Å². The van der Waals surface area contributed by atoms with Gasteiger partial charge < -0.3 is 0 Å². The summed E-state index contributed by atoms with van der Waals surface area (Å²) in [6, 6.07) is 10.6. The van der Waals surface area contributed by atoms with Crippen LogP contribution in [0.25, 0.3) is 0 Å². The Morgan fingerprint density at radius 3 is 2.19 bits per heavy atom. The first kappa shape index (κ1) is 16.5. The maximum absolute atomic E-state index is 12.7. The third-order valence-electron chi connectivity index (χ3n) is 3.21. The number of benzene rings is 1. The van der Waals surface area contributed by atoms with Gasteiger partial charge in [0.2, 0.25) is 0 Å². The Bertz CT molecular complexity index is 589. The molecule has 1 aliphatic heterocycles. The van der Waals surface area contributed by atoms with E-state index in [4.69, 9.17) is 0 Å². The molecule has 1 saturated heterocycles. The summed E-state index contributed by atoms with van der Waals surface area (Å²) in [6.07, 6.45) is 0. The van der Waals surface area contributed by atoms with Crippen LogP contribution >= 0.6 is 0 Å². The van der Waals surface area contributed by atoms with E-state index in [0.29, 0.717) is 0 Å². The van der Waals surface area contributed by atoms with E-state index >= 15 is 0 Å². The van der Waals surface area contributed by atoms with Gasteiger partial charge in [0, 0.05) is 0 Å².